The lowest BCUT2D eigenvalue weighted by molar-refractivity contribution is -0.121. The summed E-state index contributed by atoms with van der Waals surface area (Å²) in [5.74, 6) is 1.77. The number of ether oxygens (including phenoxy) is 2. The third-order valence-electron chi connectivity index (χ3n) is 4.85. The molecule has 0 unspecified atom stereocenters. The van der Waals surface area contributed by atoms with Crippen molar-refractivity contribution in [2.45, 2.75) is 31.6 Å². The Bertz CT molecular complexity index is 1130. The maximum absolute atomic E-state index is 13.2. The highest BCUT2D eigenvalue weighted by molar-refractivity contribution is 7.99. The van der Waals surface area contributed by atoms with Gasteiger partial charge in [0.15, 0.2) is 16.7 Å². The lowest BCUT2D eigenvalue weighted by Gasteiger charge is -2.10. The molecule has 0 bridgehead atoms. The Kier molecular flexibility index (Phi) is 4.92. The highest BCUT2D eigenvalue weighted by Crippen LogP contribution is 2.37. The fourth-order valence-electron chi connectivity index (χ4n) is 3.52. The summed E-state index contributed by atoms with van der Waals surface area (Å²) in [6.07, 6.45) is 0.846. The van der Waals surface area contributed by atoms with Crippen LogP contribution in [0.25, 0.3) is 21.9 Å². The Morgan fingerprint density at radius 1 is 1.29 bits per heavy atom. The van der Waals surface area contributed by atoms with Gasteiger partial charge in [-0.2, -0.15) is 0 Å². The molecule has 0 radical (unpaired) electrons. The molecule has 1 aliphatic heterocycles. The molecule has 9 heteroatoms. The zero-order chi connectivity index (χ0) is 19.8. The number of carbonyl (C=O) groups excluding carboxylic acids is 1. The van der Waals surface area contributed by atoms with E-state index in [1.54, 1.807) is 41.2 Å². The molecule has 2 aromatic heterocycles. The minimum Gasteiger partial charge on any atom is -0.493 e. The molecule has 0 atom stereocenters. The van der Waals surface area contributed by atoms with Crippen LogP contribution in [0.5, 0.6) is 11.5 Å². The summed E-state index contributed by atoms with van der Waals surface area (Å²) < 4.78 is 14.3. The van der Waals surface area contributed by atoms with E-state index in [0.29, 0.717) is 40.8 Å². The summed E-state index contributed by atoms with van der Waals surface area (Å²) >= 11 is 1.56. The normalized spacial score (nSPS) is 13.1. The molecule has 0 saturated heterocycles. The number of nitrogens with zero attached hydrogens (tertiary/aromatic N) is 3. The number of fused-ring (bicyclic) bond motifs is 4. The van der Waals surface area contributed by atoms with E-state index in [4.69, 9.17) is 14.5 Å². The van der Waals surface area contributed by atoms with Crippen LogP contribution >= 0.6 is 11.8 Å². The number of nitrogens with one attached hydrogen (secondary N) is 1. The predicted molar refractivity (Wildman–Crippen MR) is 109 cm³/mol. The summed E-state index contributed by atoms with van der Waals surface area (Å²) in [4.78, 5) is 30.4. The van der Waals surface area contributed by atoms with Gasteiger partial charge in [0.1, 0.15) is 17.6 Å². The topological polar surface area (TPSA) is 87.4 Å². The predicted octanol–water partition coefficient (Wildman–Crippen LogP) is 2.00. The van der Waals surface area contributed by atoms with Crippen LogP contribution in [0.3, 0.4) is 0 Å². The second-order valence-corrected chi connectivity index (χ2v) is 7.62. The Labute approximate surface area is 165 Å². The van der Waals surface area contributed by atoms with Crippen LogP contribution < -0.4 is 20.3 Å². The van der Waals surface area contributed by atoms with Gasteiger partial charge in [0, 0.05) is 30.3 Å². The summed E-state index contributed by atoms with van der Waals surface area (Å²) in [5.41, 5.74) is 1.62. The van der Waals surface area contributed by atoms with E-state index in [2.05, 4.69) is 5.32 Å². The number of thioether (sulfide) groups is 1. The number of hydrogen-bond acceptors (Lipinski definition) is 6. The molecule has 3 aromatic rings. The van der Waals surface area contributed by atoms with Gasteiger partial charge in [0.05, 0.1) is 19.7 Å². The van der Waals surface area contributed by atoms with Crippen LogP contribution in [-0.2, 0) is 17.9 Å². The number of aromatic nitrogens is 3. The van der Waals surface area contributed by atoms with Gasteiger partial charge < -0.3 is 19.4 Å². The Morgan fingerprint density at radius 2 is 2.04 bits per heavy atom. The molecule has 3 heterocycles. The first-order chi connectivity index (χ1) is 13.6. The number of methoxy groups -OCH3 is 2. The smallest absolute Gasteiger partial charge is 0.278 e. The molecule has 1 amide bonds. The van der Waals surface area contributed by atoms with Gasteiger partial charge in [0.25, 0.3) is 5.56 Å². The van der Waals surface area contributed by atoms with Crippen LogP contribution in [0.1, 0.15) is 13.3 Å². The molecular weight excluding hydrogens is 380 g/mol. The van der Waals surface area contributed by atoms with Crippen molar-refractivity contribution < 1.29 is 14.3 Å². The molecule has 28 heavy (non-hydrogen) atoms. The Balaban J connectivity index is 2.02. The molecule has 0 saturated carbocycles. The third kappa shape index (κ3) is 2.90. The molecule has 148 valence electrons. The van der Waals surface area contributed by atoms with Crippen LogP contribution in [0.15, 0.2) is 22.1 Å². The van der Waals surface area contributed by atoms with Crippen molar-refractivity contribution in [3.63, 3.8) is 0 Å². The standard InChI is InChI=1S/C19H22N4O4S/c1-4-5-20-15(24)10-23-12-9-14(27-3)13(26-2)8-11(12)16-17(23)18(25)22-6-7-28-19(22)21-16/h8-9H,4-7,10H2,1-3H3,(H,20,24). The highest BCUT2D eigenvalue weighted by Gasteiger charge is 2.24. The van der Waals surface area contributed by atoms with Gasteiger partial charge in [-0.05, 0) is 12.5 Å². The van der Waals surface area contributed by atoms with Crippen molar-refractivity contribution in [3.05, 3.63) is 22.5 Å². The molecule has 1 N–H and O–H groups in total. The summed E-state index contributed by atoms with van der Waals surface area (Å²) in [5, 5.41) is 4.35. The molecular formula is C19H22N4O4S. The lowest BCUT2D eigenvalue weighted by Crippen LogP contribution is -2.30. The molecule has 8 nitrogen and oxygen atoms in total. The van der Waals surface area contributed by atoms with Crippen LogP contribution in [0.2, 0.25) is 0 Å². The number of benzene rings is 1. The number of carbonyl (C=O) groups is 1. The van der Waals surface area contributed by atoms with E-state index in [1.807, 2.05) is 13.0 Å². The highest BCUT2D eigenvalue weighted by atomic mass is 32.2. The quantitative estimate of drug-likeness (QED) is 0.635. The van der Waals surface area contributed by atoms with Crippen molar-refractivity contribution >= 4 is 39.6 Å². The van der Waals surface area contributed by atoms with E-state index >= 15 is 0 Å². The minimum absolute atomic E-state index is 0.0406. The average molecular weight is 402 g/mol. The fraction of sp³-hybridized carbons (Fsp3) is 0.421. The molecule has 1 aliphatic rings. The SMILES string of the molecule is CCCNC(=O)Cn1c2cc(OC)c(OC)cc2c2nc3n(c(=O)c21)CCS3. The average Bonchev–Trinajstić information content (AvgIpc) is 3.29. The van der Waals surface area contributed by atoms with Crippen molar-refractivity contribution in [2.24, 2.45) is 0 Å². The summed E-state index contributed by atoms with van der Waals surface area (Å²) in [7, 11) is 3.12. The van der Waals surface area contributed by atoms with Gasteiger partial charge in [-0.25, -0.2) is 4.98 Å². The van der Waals surface area contributed by atoms with Gasteiger partial charge in [0.2, 0.25) is 5.91 Å². The van der Waals surface area contributed by atoms with E-state index in [0.717, 1.165) is 23.1 Å². The molecule has 0 aliphatic carbocycles. The second-order valence-electron chi connectivity index (χ2n) is 6.56. The van der Waals surface area contributed by atoms with E-state index < -0.39 is 0 Å². The first-order valence-electron chi connectivity index (χ1n) is 9.17. The largest absolute Gasteiger partial charge is 0.493 e. The van der Waals surface area contributed by atoms with Gasteiger partial charge in [-0.3, -0.25) is 14.2 Å². The first kappa shape index (κ1) is 18.7. The lowest BCUT2D eigenvalue weighted by atomic mass is 10.2. The first-order valence-corrected chi connectivity index (χ1v) is 10.2. The minimum atomic E-state index is -0.144. The zero-order valence-corrected chi connectivity index (χ0v) is 16.9. The fourth-order valence-corrected chi connectivity index (χ4v) is 4.46. The Hall–Kier alpha value is -2.68. The molecule has 0 spiro atoms. The van der Waals surface area contributed by atoms with Crippen molar-refractivity contribution in [3.8, 4) is 11.5 Å². The maximum Gasteiger partial charge on any atom is 0.278 e. The second kappa shape index (κ2) is 7.38. The zero-order valence-electron chi connectivity index (χ0n) is 16.1. The van der Waals surface area contributed by atoms with E-state index in [9.17, 15) is 9.59 Å². The maximum atomic E-state index is 13.2. The van der Waals surface area contributed by atoms with Crippen LogP contribution in [-0.4, -0.2) is 46.5 Å². The number of rotatable bonds is 6. The molecule has 4 rings (SSSR count). The van der Waals surface area contributed by atoms with Crippen molar-refractivity contribution in [1.82, 2.24) is 19.4 Å². The van der Waals surface area contributed by atoms with E-state index in [-0.39, 0.29) is 18.0 Å². The monoisotopic (exact) mass is 402 g/mol. The third-order valence-corrected chi connectivity index (χ3v) is 5.80. The van der Waals surface area contributed by atoms with Crippen LogP contribution in [0.4, 0.5) is 0 Å². The van der Waals surface area contributed by atoms with Gasteiger partial charge in [-0.15, -0.1) is 0 Å². The summed E-state index contributed by atoms with van der Waals surface area (Å²) in [6.45, 7) is 3.25. The Morgan fingerprint density at radius 3 is 2.75 bits per heavy atom. The van der Waals surface area contributed by atoms with Crippen molar-refractivity contribution in [2.75, 3.05) is 26.5 Å². The number of amides is 1. The molecule has 1 aromatic carbocycles. The van der Waals surface area contributed by atoms with Crippen molar-refractivity contribution in [1.29, 1.82) is 0 Å². The number of hydrogen-bond donors (Lipinski definition) is 1. The van der Waals surface area contributed by atoms with E-state index in [1.165, 1.54) is 0 Å². The van der Waals surface area contributed by atoms with Gasteiger partial charge >= 0.3 is 0 Å². The molecule has 0 fully saturated rings. The summed E-state index contributed by atoms with van der Waals surface area (Å²) in [6, 6.07) is 3.62. The van der Waals surface area contributed by atoms with Gasteiger partial charge in [-0.1, -0.05) is 18.7 Å². The van der Waals surface area contributed by atoms with Crippen LogP contribution in [0, 0.1) is 0 Å².